The molecule has 0 unspecified atom stereocenters. The van der Waals surface area contributed by atoms with Crippen molar-refractivity contribution >= 4 is 30.5 Å². The molecular formula is C18H36ClN5O5. The van der Waals surface area contributed by atoms with Gasteiger partial charge < -0.3 is 19.9 Å². The first-order chi connectivity index (χ1) is 12.7. The van der Waals surface area contributed by atoms with Crippen LogP contribution in [0.3, 0.4) is 0 Å². The molecule has 0 rings (SSSR count). The highest BCUT2D eigenvalue weighted by atomic mass is 35.5. The molecule has 0 bridgehead atoms. The molecule has 0 saturated carbocycles. The molecule has 0 aromatic heterocycles. The number of nitrogens with one attached hydrogen (secondary N) is 1. The molecule has 0 aliphatic carbocycles. The molecule has 1 atom stereocenters. The van der Waals surface area contributed by atoms with Crippen LogP contribution >= 0.6 is 12.4 Å². The molecule has 0 aromatic rings. The fourth-order valence-corrected chi connectivity index (χ4v) is 1.71. The molecule has 1 amide bonds. The summed E-state index contributed by atoms with van der Waals surface area (Å²) in [5.74, 6) is -0.438. The Morgan fingerprint density at radius 1 is 1.03 bits per heavy atom. The van der Waals surface area contributed by atoms with E-state index in [1.807, 2.05) is 13.8 Å². The molecule has 0 spiro atoms. The van der Waals surface area contributed by atoms with Gasteiger partial charge in [0.1, 0.15) is 17.2 Å². The largest absolute Gasteiger partial charge is 0.462 e. The van der Waals surface area contributed by atoms with Gasteiger partial charge in [-0.2, -0.15) is 0 Å². The van der Waals surface area contributed by atoms with Crippen molar-refractivity contribution in [1.82, 2.24) is 5.32 Å². The highest BCUT2D eigenvalue weighted by Crippen LogP contribution is 2.10. The summed E-state index contributed by atoms with van der Waals surface area (Å²) >= 11 is 0. The average molecular weight is 438 g/mol. The number of ether oxygens (including phenoxy) is 3. The Morgan fingerprint density at radius 3 is 1.93 bits per heavy atom. The monoisotopic (exact) mass is 437 g/mol. The van der Waals surface area contributed by atoms with E-state index in [1.54, 1.807) is 41.5 Å². The molecule has 10 nitrogen and oxygen atoms in total. The minimum atomic E-state index is -0.710. The normalized spacial score (nSPS) is 12.6. The van der Waals surface area contributed by atoms with Gasteiger partial charge in [0, 0.05) is 17.3 Å². The topological polar surface area (TPSA) is 160 Å². The summed E-state index contributed by atoms with van der Waals surface area (Å²) in [5.41, 5.74) is 4.64. The van der Waals surface area contributed by atoms with Crippen LogP contribution in [-0.4, -0.2) is 48.0 Å². The number of nitrogens with zero attached hydrogens (tertiary/aromatic N) is 3. The minimum absolute atomic E-state index is 0. The van der Waals surface area contributed by atoms with E-state index in [2.05, 4.69) is 10.3 Å². The van der Waals surface area contributed by atoms with Crippen molar-refractivity contribution in [2.45, 2.75) is 91.6 Å². The Bertz CT molecular complexity index is 539. The van der Waals surface area contributed by atoms with Crippen molar-refractivity contribution in [3.05, 3.63) is 0 Å². The number of esters is 1. The Kier molecular flexibility index (Phi) is 16.1. The molecule has 0 fully saturated rings. The van der Waals surface area contributed by atoms with E-state index in [9.17, 15) is 9.59 Å². The van der Waals surface area contributed by atoms with E-state index >= 15 is 0 Å². The van der Waals surface area contributed by atoms with Crippen LogP contribution < -0.4 is 11.1 Å². The SMILES string of the molecule is CC(C)OC(=NCCC[C@H](N)C(=O)OC(C)(C)C)NC(=O)OC(C)(C)C.Cl.N#N. The Morgan fingerprint density at radius 2 is 1.52 bits per heavy atom. The number of halogens is 1. The van der Waals surface area contributed by atoms with E-state index < -0.39 is 29.3 Å². The van der Waals surface area contributed by atoms with Crippen molar-refractivity contribution in [3.8, 4) is 0 Å². The second kappa shape index (κ2) is 14.8. The summed E-state index contributed by atoms with van der Waals surface area (Å²) in [6.45, 7) is 14.7. The van der Waals surface area contributed by atoms with E-state index in [0.29, 0.717) is 19.4 Å². The van der Waals surface area contributed by atoms with Gasteiger partial charge in [-0.3, -0.25) is 4.79 Å². The first-order valence-electron chi connectivity index (χ1n) is 9.09. The van der Waals surface area contributed by atoms with Crippen LogP contribution in [0.1, 0.15) is 68.2 Å². The molecule has 0 aliphatic heterocycles. The quantitative estimate of drug-likeness (QED) is 0.210. The minimum Gasteiger partial charge on any atom is -0.462 e. The molecule has 170 valence electrons. The van der Waals surface area contributed by atoms with Crippen molar-refractivity contribution in [2.24, 2.45) is 10.7 Å². The van der Waals surface area contributed by atoms with Crippen LogP contribution in [0.5, 0.6) is 0 Å². The second-order valence-corrected chi connectivity index (χ2v) is 8.26. The first-order valence-corrected chi connectivity index (χ1v) is 9.09. The first kappa shape index (κ1) is 31.6. The van der Waals surface area contributed by atoms with Gasteiger partial charge in [0.05, 0.1) is 6.10 Å². The van der Waals surface area contributed by atoms with Crippen LogP contribution in [0.2, 0.25) is 0 Å². The van der Waals surface area contributed by atoms with Gasteiger partial charge in [0.15, 0.2) is 0 Å². The van der Waals surface area contributed by atoms with Gasteiger partial charge in [-0.1, -0.05) is 0 Å². The third kappa shape index (κ3) is 20.4. The predicted octanol–water partition coefficient (Wildman–Crippen LogP) is 3.19. The van der Waals surface area contributed by atoms with Gasteiger partial charge in [0.2, 0.25) is 0 Å². The number of amidine groups is 1. The summed E-state index contributed by atoms with van der Waals surface area (Å²) in [7, 11) is 0. The number of nitrogens with two attached hydrogens (primary N) is 1. The zero-order valence-corrected chi connectivity index (χ0v) is 19.5. The lowest BCUT2D eigenvalue weighted by Gasteiger charge is -2.22. The lowest BCUT2D eigenvalue weighted by atomic mass is 10.1. The Balaban J connectivity index is -0.00000218. The van der Waals surface area contributed by atoms with Crippen LogP contribution in [0, 0.1) is 10.8 Å². The number of carbonyl (C=O) groups is 2. The summed E-state index contributed by atoms with van der Waals surface area (Å²) in [6, 6.07) is -0.627. The summed E-state index contributed by atoms with van der Waals surface area (Å²) in [6.07, 6.45) is 0.163. The highest BCUT2D eigenvalue weighted by molar-refractivity contribution is 5.90. The molecule has 3 N–H and O–H groups in total. The third-order valence-corrected chi connectivity index (χ3v) is 2.59. The maximum atomic E-state index is 11.8. The Labute approximate surface area is 179 Å². The number of alkyl carbamates (subject to hydrolysis) is 1. The third-order valence-electron chi connectivity index (χ3n) is 2.59. The number of hydrogen-bond acceptors (Lipinski definition) is 9. The van der Waals surface area contributed by atoms with Crippen LogP contribution in [0.4, 0.5) is 4.79 Å². The second-order valence-electron chi connectivity index (χ2n) is 8.26. The molecule has 11 heteroatoms. The fraction of sp³-hybridized carbons (Fsp3) is 0.833. The molecule has 0 aliphatic rings. The molecule has 29 heavy (non-hydrogen) atoms. The number of carbonyl (C=O) groups excluding carboxylic acids is 2. The van der Waals surface area contributed by atoms with Gasteiger partial charge in [-0.15, -0.1) is 12.4 Å². The lowest BCUT2D eigenvalue weighted by Crippen LogP contribution is -2.39. The maximum absolute atomic E-state index is 11.8. The van der Waals surface area contributed by atoms with Gasteiger partial charge >= 0.3 is 12.1 Å². The summed E-state index contributed by atoms with van der Waals surface area (Å²) in [4.78, 5) is 27.9. The highest BCUT2D eigenvalue weighted by Gasteiger charge is 2.22. The van der Waals surface area contributed by atoms with E-state index in [0.717, 1.165) is 0 Å². The van der Waals surface area contributed by atoms with E-state index in [4.69, 9.17) is 30.7 Å². The summed E-state index contributed by atoms with van der Waals surface area (Å²) < 4.78 is 15.9. The van der Waals surface area contributed by atoms with Gasteiger partial charge in [-0.05, 0) is 68.2 Å². The van der Waals surface area contributed by atoms with Crippen molar-refractivity contribution in [1.29, 1.82) is 10.8 Å². The zero-order chi connectivity index (χ0) is 22.5. The molecule has 0 saturated heterocycles. The number of aliphatic imine (C=N–C) groups is 1. The molecule has 0 radical (unpaired) electrons. The summed E-state index contributed by atoms with van der Waals surface area (Å²) in [5, 5.41) is 14.5. The zero-order valence-electron chi connectivity index (χ0n) is 18.6. The molecule has 0 heterocycles. The predicted molar refractivity (Wildman–Crippen MR) is 112 cm³/mol. The van der Waals surface area contributed by atoms with Crippen molar-refractivity contribution < 1.29 is 23.8 Å². The van der Waals surface area contributed by atoms with Gasteiger partial charge in [-0.25, -0.2) is 15.1 Å². The van der Waals surface area contributed by atoms with E-state index in [-0.39, 0.29) is 24.5 Å². The molecular weight excluding hydrogens is 402 g/mol. The standard InChI is InChI=1S/C18H35N3O5.ClH.N2/c1-12(2)24-15(21-16(23)26-18(6,7)8)20-11-9-10-13(19)14(22)25-17(3,4)5;;1-2/h12-13H,9-11,19H2,1-8H3,(H,20,21,23);1H;/t13-;;/m0../s1. The van der Waals surface area contributed by atoms with Crippen molar-refractivity contribution in [2.75, 3.05) is 6.54 Å². The van der Waals surface area contributed by atoms with E-state index in [1.165, 1.54) is 0 Å². The lowest BCUT2D eigenvalue weighted by molar-refractivity contribution is -0.156. The van der Waals surface area contributed by atoms with Gasteiger partial charge in [0.25, 0.3) is 6.02 Å². The van der Waals surface area contributed by atoms with Crippen LogP contribution in [0.25, 0.3) is 0 Å². The Hall–Kier alpha value is -2.12. The van der Waals surface area contributed by atoms with Crippen molar-refractivity contribution in [3.63, 3.8) is 0 Å². The van der Waals surface area contributed by atoms with Crippen LogP contribution in [0.15, 0.2) is 4.99 Å². The average Bonchev–Trinajstić information content (AvgIpc) is 2.48. The number of rotatable bonds is 6. The fourth-order valence-electron chi connectivity index (χ4n) is 1.71. The number of hydrogen-bond donors (Lipinski definition) is 2. The number of amides is 1. The molecule has 0 aromatic carbocycles. The smallest absolute Gasteiger partial charge is 0.415 e. The maximum Gasteiger partial charge on any atom is 0.415 e. The van der Waals surface area contributed by atoms with Crippen LogP contribution in [-0.2, 0) is 19.0 Å².